The van der Waals surface area contributed by atoms with Crippen LogP contribution in [0.5, 0.6) is 0 Å². The van der Waals surface area contributed by atoms with Crippen LogP contribution in [0.1, 0.15) is 42.2 Å². The first-order chi connectivity index (χ1) is 9.70. The summed E-state index contributed by atoms with van der Waals surface area (Å²) in [5.41, 5.74) is 1.38. The van der Waals surface area contributed by atoms with Gasteiger partial charge >= 0.3 is 5.97 Å². The van der Waals surface area contributed by atoms with E-state index < -0.39 is 0 Å². The number of esters is 1. The van der Waals surface area contributed by atoms with Gasteiger partial charge in [0.2, 0.25) is 0 Å². The number of nitrogens with one attached hydrogen (secondary N) is 1. The number of ether oxygens (including phenoxy) is 1. The summed E-state index contributed by atoms with van der Waals surface area (Å²) < 4.78 is 9.45. The van der Waals surface area contributed by atoms with E-state index in [4.69, 9.17) is 4.74 Å². The number of nitrogens with zero attached hydrogens (tertiary/aromatic N) is 2. The molecule has 0 aliphatic carbocycles. The second-order valence-electron chi connectivity index (χ2n) is 5.48. The summed E-state index contributed by atoms with van der Waals surface area (Å²) in [6.07, 6.45) is 3.68. The lowest BCUT2D eigenvalue weighted by Crippen LogP contribution is -2.33. The van der Waals surface area contributed by atoms with E-state index in [2.05, 4.69) is 14.6 Å². The number of fused-ring (bicyclic) bond motifs is 1. The van der Waals surface area contributed by atoms with Crippen molar-refractivity contribution in [3.05, 3.63) is 11.3 Å². The van der Waals surface area contributed by atoms with E-state index in [0.29, 0.717) is 24.3 Å². The smallest absolute Gasteiger partial charge is 0.343 e. The van der Waals surface area contributed by atoms with E-state index >= 15 is 0 Å². The molecule has 20 heavy (non-hydrogen) atoms. The molecule has 0 bridgehead atoms. The molecule has 2 aliphatic rings. The second-order valence-corrected chi connectivity index (χ2v) is 6.25. The normalized spacial score (nSPS) is 25.7. The van der Waals surface area contributed by atoms with Crippen LogP contribution < -0.4 is 5.32 Å². The minimum atomic E-state index is -0.262. The van der Waals surface area contributed by atoms with E-state index in [9.17, 15) is 4.79 Å². The molecule has 0 spiro atoms. The number of aromatic nitrogens is 1. The largest absolute Gasteiger partial charge is 0.462 e. The minimum absolute atomic E-state index is 0.262. The molecular formula is C14H21N3O2S. The average molecular weight is 295 g/mol. The molecule has 110 valence electrons. The highest BCUT2D eigenvalue weighted by molar-refractivity contribution is 7.10. The fourth-order valence-electron chi connectivity index (χ4n) is 3.33. The van der Waals surface area contributed by atoms with Gasteiger partial charge in [-0.25, -0.2) is 4.79 Å². The van der Waals surface area contributed by atoms with Gasteiger partial charge in [-0.3, -0.25) is 4.90 Å². The molecule has 5 nitrogen and oxygen atoms in total. The highest BCUT2D eigenvalue weighted by Gasteiger charge is 2.38. The molecule has 2 atom stereocenters. The van der Waals surface area contributed by atoms with Crippen molar-refractivity contribution >= 4 is 22.5 Å². The Kier molecular flexibility index (Phi) is 3.94. The van der Waals surface area contributed by atoms with Crippen molar-refractivity contribution in [2.45, 2.75) is 45.2 Å². The van der Waals surface area contributed by atoms with Crippen LogP contribution in [-0.2, 0) is 4.74 Å². The monoisotopic (exact) mass is 295 g/mol. The number of aryl methyl sites for hydroxylation is 1. The van der Waals surface area contributed by atoms with E-state index in [1.165, 1.54) is 30.9 Å². The van der Waals surface area contributed by atoms with Crippen molar-refractivity contribution in [3.8, 4) is 0 Å². The van der Waals surface area contributed by atoms with Crippen LogP contribution >= 0.6 is 11.5 Å². The lowest BCUT2D eigenvalue weighted by molar-refractivity contribution is 0.0527. The molecule has 3 heterocycles. The van der Waals surface area contributed by atoms with Gasteiger partial charge in [0.15, 0.2) is 0 Å². The van der Waals surface area contributed by atoms with Crippen LogP contribution in [0.3, 0.4) is 0 Å². The number of rotatable bonds is 4. The first-order valence-corrected chi connectivity index (χ1v) is 8.12. The predicted octanol–water partition coefficient (Wildman–Crippen LogP) is 2.28. The van der Waals surface area contributed by atoms with Crippen LogP contribution in [0.15, 0.2) is 0 Å². The van der Waals surface area contributed by atoms with Crippen LogP contribution in [0.25, 0.3) is 0 Å². The van der Waals surface area contributed by atoms with Crippen LogP contribution in [-0.4, -0.2) is 47.0 Å². The van der Waals surface area contributed by atoms with Gasteiger partial charge in [-0.2, -0.15) is 4.37 Å². The molecule has 6 heteroatoms. The summed E-state index contributed by atoms with van der Waals surface area (Å²) in [5, 5.41) is 4.43. The second kappa shape index (κ2) is 5.69. The van der Waals surface area contributed by atoms with E-state index in [-0.39, 0.29) is 5.97 Å². The first-order valence-electron chi connectivity index (χ1n) is 7.34. The quantitative estimate of drug-likeness (QED) is 0.864. The molecule has 2 fully saturated rings. The highest BCUT2D eigenvalue weighted by Crippen LogP contribution is 2.33. The zero-order valence-corrected chi connectivity index (χ0v) is 12.8. The molecule has 0 saturated carbocycles. The summed E-state index contributed by atoms with van der Waals surface area (Å²) in [5.74, 6) is -0.262. The molecule has 2 unspecified atom stereocenters. The third kappa shape index (κ3) is 2.42. The standard InChI is InChI=1S/C14H21N3O2S/c1-3-19-14(18)12-9(2)16-20-13(12)15-10-6-8-17-7-4-5-11(10)17/h10-11,15H,3-8H2,1-2H3. The molecule has 1 aromatic heterocycles. The summed E-state index contributed by atoms with van der Waals surface area (Å²) in [4.78, 5) is 14.6. The van der Waals surface area contributed by atoms with Gasteiger partial charge in [-0.15, -0.1) is 0 Å². The number of hydrogen-bond acceptors (Lipinski definition) is 6. The topological polar surface area (TPSA) is 54.5 Å². The third-order valence-electron chi connectivity index (χ3n) is 4.26. The summed E-state index contributed by atoms with van der Waals surface area (Å²) in [7, 11) is 0. The number of carbonyl (C=O) groups is 1. The van der Waals surface area contributed by atoms with Crippen molar-refractivity contribution in [1.29, 1.82) is 0 Å². The molecule has 3 rings (SSSR count). The van der Waals surface area contributed by atoms with Crippen LogP contribution in [0.2, 0.25) is 0 Å². The van der Waals surface area contributed by atoms with Gasteiger partial charge in [0, 0.05) is 18.6 Å². The van der Waals surface area contributed by atoms with E-state index in [0.717, 1.165) is 23.7 Å². The predicted molar refractivity (Wildman–Crippen MR) is 79.4 cm³/mol. The Morgan fingerprint density at radius 2 is 2.35 bits per heavy atom. The Bertz CT molecular complexity index is 503. The molecule has 0 aromatic carbocycles. The lowest BCUT2D eigenvalue weighted by Gasteiger charge is -2.21. The molecule has 0 radical (unpaired) electrons. The Morgan fingerprint density at radius 3 is 3.15 bits per heavy atom. The van der Waals surface area contributed by atoms with Crippen molar-refractivity contribution in [3.63, 3.8) is 0 Å². The maximum atomic E-state index is 12.0. The molecule has 0 amide bonds. The molecular weight excluding hydrogens is 274 g/mol. The van der Waals surface area contributed by atoms with Crippen molar-refractivity contribution < 1.29 is 9.53 Å². The maximum absolute atomic E-state index is 12.0. The maximum Gasteiger partial charge on any atom is 0.343 e. The Labute approximate surface area is 123 Å². The van der Waals surface area contributed by atoms with Gasteiger partial charge in [-0.05, 0) is 51.2 Å². The van der Waals surface area contributed by atoms with Crippen LogP contribution in [0, 0.1) is 6.92 Å². The molecule has 1 N–H and O–H groups in total. The van der Waals surface area contributed by atoms with Crippen molar-refractivity contribution in [2.75, 3.05) is 25.0 Å². The number of carbonyl (C=O) groups excluding carboxylic acids is 1. The third-order valence-corrected chi connectivity index (χ3v) is 5.13. The van der Waals surface area contributed by atoms with Gasteiger partial charge in [-0.1, -0.05) is 0 Å². The Hall–Kier alpha value is -1.14. The average Bonchev–Trinajstić information content (AvgIpc) is 3.08. The van der Waals surface area contributed by atoms with Gasteiger partial charge in [0.05, 0.1) is 12.3 Å². The molecule has 2 aliphatic heterocycles. The zero-order valence-electron chi connectivity index (χ0n) is 12.0. The summed E-state index contributed by atoms with van der Waals surface area (Å²) in [6, 6.07) is 1.05. The van der Waals surface area contributed by atoms with Crippen LogP contribution in [0.4, 0.5) is 5.00 Å². The zero-order chi connectivity index (χ0) is 14.1. The Balaban J connectivity index is 1.76. The minimum Gasteiger partial charge on any atom is -0.462 e. The Morgan fingerprint density at radius 1 is 1.50 bits per heavy atom. The van der Waals surface area contributed by atoms with Gasteiger partial charge < -0.3 is 10.1 Å². The lowest BCUT2D eigenvalue weighted by atomic mass is 10.1. The van der Waals surface area contributed by atoms with Crippen molar-refractivity contribution in [2.24, 2.45) is 0 Å². The summed E-state index contributed by atoms with van der Waals surface area (Å²) >= 11 is 1.37. The van der Waals surface area contributed by atoms with E-state index in [1.54, 1.807) is 0 Å². The summed E-state index contributed by atoms with van der Waals surface area (Å²) in [6.45, 7) is 6.47. The first kappa shape index (κ1) is 13.8. The molecule has 2 saturated heterocycles. The van der Waals surface area contributed by atoms with Gasteiger partial charge in [0.1, 0.15) is 10.6 Å². The number of anilines is 1. The fraction of sp³-hybridized carbons (Fsp3) is 0.714. The fourth-order valence-corrected chi connectivity index (χ4v) is 4.18. The molecule has 1 aromatic rings. The van der Waals surface area contributed by atoms with Gasteiger partial charge in [0.25, 0.3) is 0 Å². The number of hydrogen-bond donors (Lipinski definition) is 1. The van der Waals surface area contributed by atoms with E-state index in [1.807, 2.05) is 13.8 Å². The van der Waals surface area contributed by atoms with Crippen molar-refractivity contribution in [1.82, 2.24) is 9.27 Å². The SMILES string of the molecule is CCOC(=O)c1c(C)nsc1NC1CCN2CCCC12. The highest BCUT2D eigenvalue weighted by atomic mass is 32.1.